The average molecular weight is 361 g/mol. The lowest BCUT2D eigenvalue weighted by Crippen LogP contribution is -2.63. The molecule has 0 spiro atoms. The number of hydrogen-bond donors (Lipinski definition) is 2. The highest BCUT2D eigenvalue weighted by Crippen LogP contribution is 2.37. The van der Waals surface area contributed by atoms with E-state index in [1.165, 1.54) is 23.4 Å². The van der Waals surface area contributed by atoms with Gasteiger partial charge in [-0.15, -0.1) is 0 Å². The Kier molecular flexibility index (Phi) is 4.96. The van der Waals surface area contributed by atoms with Gasteiger partial charge in [0.05, 0.1) is 6.54 Å². The molecule has 7 heteroatoms. The number of hydrogen-bond acceptors (Lipinski definition) is 4. The molecule has 2 atom stereocenters. The summed E-state index contributed by atoms with van der Waals surface area (Å²) in [6.07, 6.45) is 4.20. The van der Waals surface area contributed by atoms with Crippen molar-refractivity contribution in [3.63, 3.8) is 0 Å². The lowest BCUT2D eigenvalue weighted by molar-refractivity contribution is -1.12. The van der Waals surface area contributed by atoms with Crippen LogP contribution >= 0.6 is 0 Å². The van der Waals surface area contributed by atoms with Gasteiger partial charge in [0.25, 0.3) is 0 Å². The summed E-state index contributed by atoms with van der Waals surface area (Å²) in [6.45, 7) is 8.40. The second kappa shape index (κ2) is 6.90. The zero-order chi connectivity index (χ0) is 18.9. The molecule has 0 radical (unpaired) electrons. The SMILES string of the molecule is C=C1CC[N+](O)(C(C)[C@](O)(Cn2cncn2)c2ccc(C)cc2F)CC1. The summed E-state index contributed by atoms with van der Waals surface area (Å²) in [6, 6.07) is 4.08. The van der Waals surface area contributed by atoms with E-state index in [0.717, 1.165) is 11.1 Å². The minimum absolute atomic E-state index is 0.00431. The molecule has 1 aromatic carbocycles. The van der Waals surface area contributed by atoms with Crippen molar-refractivity contribution in [1.82, 2.24) is 14.8 Å². The standard InChI is InChI=1S/C19H26FN4O2/c1-14-6-8-24(26,9-7-14)16(3)19(25,11-23-13-21-12-22-23)17-5-4-15(2)10-18(17)20/h4-5,10,12-13,16,25-26H,1,6-9,11H2,2-3H3/q+1/t16?,19-/m1/s1. The number of nitrogens with zero attached hydrogens (tertiary/aromatic N) is 4. The molecular weight excluding hydrogens is 335 g/mol. The first-order chi connectivity index (χ1) is 12.2. The Morgan fingerprint density at radius 3 is 2.65 bits per heavy atom. The fraction of sp³-hybridized carbons (Fsp3) is 0.474. The summed E-state index contributed by atoms with van der Waals surface area (Å²) in [5, 5.41) is 26.9. The first-order valence-corrected chi connectivity index (χ1v) is 8.82. The molecule has 0 aliphatic carbocycles. The van der Waals surface area contributed by atoms with Crippen LogP contribution in [-0.4, -0.2) is 48.9 Å². The van der Waals surface area contributed by atoms with Crippen LogP contribution in [0.1, 0.15) is 30.9 Å². The van der Waals surface area contributed by atoms with Crippen molar-refractivity contribution in [2.45, 2.75) is 44.9 Å². The molecule has 1 aliphatic rings. The van der Waals surface area contributed by atoms with Gasteiger partial charge in [-0.2, -0.15) is 9.75 Å². The highest BCUT2D eigenvalue weighted by molar-refractivity contribution is 5.29. The van der Waals surface area contributed by atoms with Crippen molar-refractivity contribution in [2.24, 2.45) is 0 Å². The molecule has 2 N–H and O–H groups in total. The molecule has 1 aliphatic heterocycles. The van der Waals surface area contributed by atoms with Gasteiger partial charge >= 0.3 is 0 Å². The maximum atomic E-state index is 14.8. The number of aromatic nitrogens is 3. The van der Waals surface area contributed by atoms with E-state index >= 15 is 0 Å². The van der Waals surface area contributed by atoms with Gasteiger partial charge in [-0.25, -0.2) is 19.3 Å². The number of hydroxylamine groups is 3. The topological polar surface area (TPSA) is 71.2 Å². The van der Waals surface area contributed by atoms with Gasteiger partial charge in [-0.1, -0.05) is 24.3 Å². The normalized spacial score (nSPS) is 20.6. The second-order valence-electron chi connectivity index (χ2n) is 7.36. The number of likely N-dealkylation sites (tertiary alicyclic amines) is 1. The summed E-state index contributed by atoms with van der Waals surface area (Å²) in [4.78, 5) is 3.90. The van der Waals surface area contributed by atoms with Crippen LogP contribution in [0.4, 0.5) is 4.39 Å². The van der Waals surface area contributed by atoms with E-state index in [4.69, 9.17) is 0 Å². The molecule has 1 unspecified atom stereocenters. The lowest BCUT2D eigenvalue weighted by atomic mass is 9.83. The van der Waals surface area contributed by atoms with Crippen molar-refractivity contribution in [3.8, 4) is 0 Å². The number of quaternary nitrogens is 1. The molecule has 2 heterocycles. The first-order valence-electron chi connectivity index (χ1n) is 8.82. The van der Waals surface area contributed by atoms with Crippen LogP contribution in [-0.2, 0) is 12.1 Å². The molecule has 26 heavy (non-hydrogen) atoms. The maximum Gasteiger partial charge on any atom is 0.166 e. The molecule has 0 bridgehead atoms. The van der Waals surface area contributed by atoms with Gasteiger partial charge in [0.15, 0.2) is 11.6 Å². The van der Waals surface area contributed by atoms with Gasteiger partial charge in [0.1, 0.15) is 31.6 Å². The zero-order valence-electron chi connectivity index (χ0n) is 15.3. The monoisotopic (exact) mass is 361 g/mol. The van der Waals surface area contributed by atoms with Crippen molar-refractivity contribution < 1.29 is 19.4 Å². The van der Waals surface area contributed by atoms with E-state index in [1.807, 2.05) is 0 Å². The molecule has 1 saturated heterocycles. The minimum atomic E-state index is -1.65. The molecule has 0 saturated carbocycles. The van der Waals surface area contributed by atoms with Crippen LogP contribution in [0.2, 0.25) is 0 Å². The highest BCUT2D eigenvalue weighted by Gasteiger charge is 2.51. The van der Waals surface area contributed by atoms with Crippen molar-refractivity contribution >= 4 is 0 Å². The van der Waals surface area contributed by atoms with Gasteiger partial charge < -0.3 is 5.11 Å². The Hall–Kier alpha value is -2.09. The third-order valence-corrected chi connectivity index (χ3v) is 5.58. The minimum Gasteiger partial charge on any atom is -0.377 e. The number of aliphatic hydroxyl groups is 1. The Morgan fingerprint density at radius 2 is 2.08 bits per heavy atom. The summed E-state index contributed by atoms with van der Waals surface area (Å²) >= 11 is 0. The third kappa shape index (κ3) is 3.42. The molecule has 3 rings (SSSR count). The van der Waals surface area contributed by atoms with E-state index in [1.54, 1.807) is 26.0 Å². The predicted molar refractivity (Wildman–Crippen MR) is 94.7 cm³/mol. The highest BCUT2D eigenvalue weighted by atomic mass is 19.1. The molecule has 2 aromatic rings. The maximum absolute atomic E-state index is 14.8. The molecule has 1 fully saturated rings. The summed E-state index contributed by atoms with van der Waals surface area (Å²) in [7, 11) is 0. The van der Waals surface area contributed by atoms with Crippen LogP contribution in [0.3, 0.4) is 0 Å². The molecule has 140 valence electrons. The predicted octanol–water partition coefficient (Wildman–Crippen LogP) is 2.56. The first kappa shape index (κ1) is 18.7. The second-order valence-corrected chi connectivity index (χ2v) is 7.36. The van der Waals surface area contributed by atoms with Crippen LogP contribution in [0.15, 0.2) is 43.0 Å². The number of rotatable bonds is 5. The fourth-order valence-corrected chi connectivity index (χ4v) is 3.70. The zero-order valence-corrected chi connectivity index (χ0v) is 15.3. The van der Waals surface area contributed by atoms with E-state index in [-0.39, 0.29) is 16.8 Å². The van der Waals surface area contributed by atoms with Crippen molar-refractivity contribution in [1.29, 1.82) is 0 Å². The van der Waals surface area contributed by atoms with E-state index in [9.17, 15) is 14.7 Å². The quantitative estimate of drug-likeness (QED) is 0.634. The summed E-state index contributed by atoms with van der Waals surface area (Å²) in [5.74, 6) is -0.493. The van der Waals surface area contributed by atoms with Crippen LogP contribution < -0.4 is 0 Å². The fourth-order valence-electron chi connectivity index (χ4n) is 3.70. The Morgan fingerprint density at radius 1 is 1.38 bits per heavy atom. The van der Waals surface area contributed by atoms with Gasteiger partial charge in [0, 0.05) is 18.4 Å². The van der Waals surface area contributed by atoms with E-state index in [2.05, 4.69) is 16.7 Å². The number of aryl methyl sites for hydroxylation is 1. The smallest absolute Gasteiger partial charge is 0.166 e. The molecule has 0 amide bonds. The van der Waals surface area contributed by atoms with Gasteiger partial charge in [-0.3, -0.25) is 0 Å². The molecule has 6 nitrogen and oxygen atoms in total. The summed E-state index contributed by atoms with van der Waals surface area (Å²) in [5.41, 5.74) is 0.353. The van der Waals surface area contributed by atoms with Crippen LogP contribution in [0.25, 0.3) is 0 Å². The third-order valence-electron chi connectivity index (χ3n) is 5.58. The summed E-state index contributed by atoms with van der Waals surface area (Å²) < 4.78 is 15.9. The van der Waals surface area contributed by atoms with E-state index in [0.29, 0.717) is 25.9 Å². The average Bonchev–Trinajstić information content (AvgIpc) is 3.09. The lowest BCUT2D eigenvalue weighted by Gasteiger charge is -2.46. The Balaban J connectivity index is 2.03. The van der Waals surface area contributed by atoms with Crippen LogP contribution in [0.5, 0.6) is 0 Å². The van der Waals surface area contributed by atoms with Crippen molar-refractivity contribution in [2.75, 3.05) is 13.1 Å². The number of piperidine rings is 1. The number of halogens is 1. The van der Waals surface area contributed by atoms with Gasteiger partial charge in [-0.05, 0) is 25.5 Å². The van der Waals surface area contributed by atoms with Gasteiger partial charge in [0.2, 0.25) is 0 Å². The molecular formula is C19H26FN4O2+. The largest absolute Gasteiger partial charge is 0.377 e. The number of benzene rings is 1. The van der Waals surface area contributed by atoms with Crippen molar-refractivity contribution in [3.05, 3.63) is 59.9 Å². The van der Waals surface area contributed by atoms with E-state index < -0.39 is 17.5 Å². The Labute approximate surface area is 152 Å². The molecule has 1 aromatic heterocycles. The Bertz CT molecular complexity index is 783. The van der Waals surface area contributed by atoms with Crippen LogP contribution in [0, 0.1) is 12.7 Å².